The first-order chi connectivity index (χ1) is 9.97. The maximum Gasteiger partial charge on any atom is 0.324 e. The van der Waals surface area contributed by atoms with Gasteiger partial charge in [0.2, 0.25) is 0 Å². The van der Waals surface area contributed by atoms with Crippen LogP contribution in [0.2, 0.25) is 0 Å². The van der Waals surface area contributed by atoms with E-state index in [-0.39, 0.29) is 24.3 Å². The van der Waals surface area contributed by atoms with E-state index in [1.165, 1.54) is 12.1 Å². The van der Waals surface area contributed by atoms with Crippen molar-refractivity contribution >= 4 is 17.7 Å². The standard InChI is InChI=1S/C15H17FN2O3/c1-9-7-17(8-12(9)14(19)20)15(21)18-5-4-10-2-3-11(16)6-13(10)18/h2-3,6,9,12H,4-5,7-8H2,1H3,(H,19,20)/t9-,12-/m1/s1. The molecule has 1 fully saturated rings. The molecule has 1 aromatic carbocycles. The van der Waals surface area contributed by atoms with Crippen LogP contribution in [0.5, 0.6) is 0 Å². The van der Waals surface area contributed by atoms with Crippen LogP contribution in [0.4, 0.5) is 14.9 Å². The molecule has 0 spiro atoms. The summed E-state index contributed by atoms with van der Waals surface area (Å²) in [5.74, 6) is -1.83. The second-order valence-electron chi connectivity index (χ2n) is 5.78. The van der Waals surface area contributed by atoms with Gasteiger partial charge in [-0.3, -0.25) is 9.69 Å². The average Bonchev–Trinajstić information content (AvgIpc) is 3.01. The molecule has 0 radical (unpaired) electrons. The number of carboxylic acid groups (broad SMARTS) is 1. The zero-order valence-corrected chi connectivity index (χ0v) is 11.8. The third kappa shape index (κ3) is 2.34. The number of fused-ring (bicyclic) bond motifs is 1. The Morgan fingerprint density at radius 1 is 1.33 bits per heavy atom. The molecule has 6 heteroatoms. The van der Waals surface area contributed by atoms with Crippen molar-refractivity contribution in [2.45, 2.75) is 13.3 Å². The van der Waals surface area contributed by atoms with Crippen LogP contribution in [-0.4, -0.2) is 41.6 Å². The number of carboxylic acids is 1. The van der Waals surface area contributed by atoms with E-state index in [0.29, 0.717) is 25.2 Å². The van der Waals surface area contributed by atoms with Gasteiger partial charge in [0.25, 0.3) is 0 Å². The van der Waals surface area contributed by atoms with Crippen molar-refractivity contribution in [3.05, 3.63) is 29.6 Å². The summed E-state index contributed by atoms with van der Waals surface area (Å²) in [4.78, 5) is 26.8. The maximum atomic E-state index is 13.4. The summed E-state index contributed by atoms with van der Waals surface area (Å²) in [7, 11) is 0. The van der Waals surface area contributed by atoms with E-state index < -0.39 is 11.9 Å². The average molecular weight is 292 g/mol. The van der Waals surface area contributed by atoms with E-state index in [4.69, 9.17) is 5.11 Å². The molecule has 2 aliphatic heterocycles. The number of rotatable bonds is 1. The molecule has 2 amide bonds. The Balaban J connectivity index is 1.79. The van der Waals surface area contributed by atoms with Crippen molar-refractivity contribution in [2.24, 2.45) is 11.8 Å². The van der Waals surface area contributed by atoms with E-state index in [9.17, 15) is 14.0 Å². The maximum absolute atomic E-state index is 13.4. The highest BCUT2D eigenvalue weighted by Gasteiger charge is 2.39. The Hall–Kier alpha value is -2.11. The molecule has 2 aliphatic rings. The van der Waals surface area contributed by atoms with Gasteiger partial charge in [0.15, 0.2) is 0 Å². The first kappa shape index (κ1) is 13.9. The van der Waals surface area contributed by atoms with E-state index >= 15 is 0 Å². The molecule has 0 saturated carbocycles. The number of nitrogens with zero attached hydrogens (tertiary/aromatic N) is 2. The predicted octanol–water partition coefficient (Wildman–Crippen LogP) is 1.96. The molecule has 0 aliphatic carbocycles. The lowest BCUT2D eigenvalue weighted by atomic mass is 9.99. The summed E-state index contributed by atoms with van der Waals surface area (Å²) < 4.78 is 13.4. The van der Waals surface area contributed by atoms with Crippen molar-refractivity contribution in [2.75, 3.05) is 24.5 Å². The Morgan fingerprint density at radius 3 is 2.76 bits per heavy atom. The first-order valence-electron chi connectivity index (χ1n) is 7.05. The van der Waals surface area contributed by atoms with Crippen LogP contribution in [0.3, 0.4) is 0 Å². The minimum absolute atomic E-state index is 0.0685. The zero-order chi connectivity index (χ0) is 15.1. The quantitative estimate of drug-likeness (QED) is 0.860. The number of aliphatic carboxylic acids is 1. The van der Waals surface area contributed by atoms with Crippen molar-refractivity contribution in [1.29, 1.82) is 0 Å². The molecule has 1 aromatic rings. The molecule has 21 heavy (non-hydrogen) atoms. The van der Waals surface area contributed by atoms with E-state index in [1.807, 2.05) is 6.92 Å². The molecule has 0 bridgehead atoms. The number of likely N-dealkylation sites (tertiary alicyclic amines) is 1. The largest absolute Gasteiger partial charge is 0.481 e. The first-order valence-corrected chi connectivity index (χ1v) is 7.05. The summed E-state index contributed by atoms with van der Waals surface area (Å²) in [6.07, 6.45) is 0.701. The summed E-state index contributed by atoms with van der Waals surface area (Å²) in [6.45, 7) is 3.00. The van der Waals surface area contributed by atoms with Gasteiger partial charge in [-0.2, -0.15) is 0 Å². The lowest BCUT2D eigenvalue weighted by molar-refractivity contribution is -0.142. The van der Waals surface area contributed by atoms with Crippen LogP contribution < -0.4 is 4.90 Å². The number of urea groups is 1. The number of halogens is 1. The molecule has 0 unspecified atom stereocenters. The van der Waals surface area contributed by atoms with Crippen LogP contribution in [0, 0.1) is 17.7 Å². The Morgan fingerprint density at radius 2 is 2.10 bits per heavy atom. The molecular weight excluding hydrogens is 275 g/mol. The zero-order valence-electron chi connectivity index (χ0n) is 11.8. The Bertz CT molecular complexity index is 605. The van der Waals surface area contributed by atoms with Crippen LogP contribution in [0.15, 0.2) is 18.2 Å². The number of carbonyl (C=O) groups is 2. The molecule has 5 nitrogen and oxygen atoms in total. The van der Waals surface area contributed by atoms with Crippen LogP contribution >= 0.6 is 0 Å². The van der Waals surface area contributed by atoms with Gasteiger partial charge in [-0.05, 0) is 30.0 Å². The van der Waals surface area contributed by atoms with Crippen LogP contribution in [-0.2, 0) is 11.2 Å². The Labute approximate surface area is 122 Å². The van der Waals surface area contributed by atoms with Crippen molar-refractivity contribution < 1.29 is 19.1 Å². The van der Waals surface area contributed by atoms with E-state index in [1.54, 1.807) is 15.9 Å². The third-order valence-corrected chi connectivity index (χ3v) is 4.37. The number of amides is 2. The fraction of sp³-hybridized carbons (Fsp3) is 0.467. The van der Waals surface area contributed by atoms with Gasteiger partial charge in [-0.25, -0.2) is 9.18 Å². The normalized spacial score (nSPS) is 24.3. The summed E-state index contributed by atoms with van der Waals surface area (Å²) in [5, 5.41) is 9.14. The topological polar surface area (TPSA) is 60.9 Å². The second kappa shape index (κ2) is 5.02. The Kier molecular flexibility index (Phi) is 3.31. The van der Waals surface area contributed by atoms with E-state index in [0.717, 1.165) is 5.56 Å². The molecule has 1 N–H and O–H groups in total. The molecule has 2 heterocycles. The molecular formula is C15H17FN2O3. The number of benzene rings is 1. The van der Waals surface area contributed by atoms with E-state index in [2.05, 4.69) is 0 Å². The molecule has 1 saturated heterocycles. The van der Waals surface area contributed by atoms with Crippen molar-refractivity contribution in [3.63, 3.8) is 0 Å². The van der Waals surface area contributed by atoms with Crippen molar-refractivity contribution in [3.8, 4) is 0 Å². The summed E-state index contributed by atoms with van der Waals surface area (Å²) in [6, 6.07) is 4.24. The minimum Gasteiger partial charge on any atom is -0.481 e. The highest BCUT2D eigenvalue weighted by Crippen LogP contribution is 2.31. The third-order valence-electron chi connectivity index (χ3n) is 4.37. The minimum atomic E-state index is -0.870. The fourth-order valence-corrected chi connectivity index (χ4v) is 3.17. The second-order valence-corrected chi connectivity index (χ2v) is 5.78. The molecule has 0 aromatic heterocycles. The summed E-state index contributed by atoms with van der Waals surface area (Å²) >= 11 is 0. The van der Waals surface area contributed by atoms with Crippen LogP contribution in [0.25, 0.3) is 0 Å². The molecule has 2 atom stereocenters. The number of hydrogen-bond donors (Lipinski definition) is 1. The van der Waals surface area contributed by atoms with Gasteiger partial charge in [0.1, 0.15) is 5.82 Å². The lowest BCUT2D eigenvalue weighted by Gasteiger charge is -2.24. The number of carbonyl (C=O) groups excluding carboxylic acids is 1. The summed E-state index contributed by atoms with van der Waals surface area (Å²) in [5.41, 5.74) is 1.55. The SMILES string of the molecule is C[C@@H]1CN(C(=O)N2CCc3ccc(F)cc32)C[C@H]1C(=O)O. The van der Waals surface area contributed by atoms with Gasteiger partial charge >= 0.3 is 12.0 Å². The van der Waals surface area contributed by atoms with Gasteiger partial charge in [0, 0.05) is 19.6 Å². The smallest absolute Gasteiger partial charge is 0.324 e. The molecule has 112 valence electrons. The number of hydrogen-bond acceptors (Lipinski definition) is 2. The molecule has 3 rings (SSSR count). The van der Waals surface area contributed by atoms with Crippen LogP contribution in [0.1, 0.15) is 12.5 Å². The highest BCUT2D eigenvalue weighted by atomic mass is 19.1. The van der Waals surface area contributed by atoms with Gasteiger partial charge in [-0.1, -0.05) is 13.0 Å². The van der Waals surface area contributed by atoms with Gasteiger partial charge < -0.3 is 10.0 Å². The van der Waals surface area contributed by atoms with Gasteiger partial charge in [-0.15, -0.1) is 0 Å². The highest BCUT2D eigenvalue weighted by molar-refractivity contribution is 5.94. The monoisotopic (exact) mass is 292 g/mol. The number of anilines is 1. The van der Waals surface area contributed by atoms with Crippen molar-refractivity contribution in [1.82, 2.24) is 4.90 Å². The fourth-order valence-electron chi connectivity index (χ4n) is 3.17. The predicted molar refractivity (Wildman–Crippen MR) is 74.7 cm³/mol. The lowest BCUT2D eigenvalue weighted by Crippen LogP contribution is -2.41. The van der Waals surface area contributed by atoms with Gasteiger partial charge in [0.05, 0.1) is 11.6 Å².